The Hall–Kier alpha value is -2.25. The lowest BCUT2D eigenvalue weighted by Gasteiger charge is -2.04. The first-order chi connectivity index (χ1) is 10.8. The largest absolute Gasteiger partial charge is 0.369 e. The number of benzene rings is 2. The number of carbonyl (C=O) groups excluding carboxylic acids is 1. The van der Waals surface area contributed by atoms with Crippen LogP contribution in [-0.2, 0) is 21.1 Å². The van der Waals surface area contributed by atoms with Gasteiger partial charge in [-0.05, 0) is 35.4 Å². The molecule has 0 saturated heterocycles. The van der Waals surface area contributed by atoms with Crippen molar-refractivity contribution < 1.29 is 13.2 Å². The second-order valence-electron chi connectivity index (χ2n) is 5.23. The van der Waals surface area contributed by atoms with Crippen molar-refractivity contribution >= 4 is 37.3 Å². The molecule has 5 nitrogen and oxygen atoms in total. The van der Waals surface area contributed by atoms with Gasteiger partial charge in [0.2, 0.25) is 5.91 Å². The number of carbonyl (C=O) groups is 1. The summed E-state index contributed by atoms with van der Waals surface area (Å²) in [5.74, 6) is -0.412. The summed E-state index contributed by atoms with van der Waals surface area (Å²) in [7, 11) is -3.25. The monoisotopic (exact) mass is 346 g/mol. The maximum absolute atomic E-state index is 11.7. The molecule has 0 saturated carbocycles. The summed E-state index contributed by atoms with van der Waals surface area (Å²) in [6.45, 7) is 0. The van der Waals surface area contributed by atoms with Gasteiger partial charge in [-0.25, -0.2) is 13.4 Å². The van der Waals surface area contributed by atoms with E-state index in [1.54, 1.807) is 18.2 Å². The Kier molecular flexibility index (Phi) is 3.91. The Morgan fingerprint density at radius 2 is 1.91 bits per heavy atom. The summed E-state index contributed by atoms with van der Waals surface area (Å²) < 4.78 is 24.3. The van der Waals surface area contributed by atoms with Crippen LogP contribution in [0.25, 0.3) is 21.3 Å². The van der Waals surface area contributed by atoms with Gasteiger partial charge in [0.1, 0.15) is 5.01 Å². The third-order valence-corrected chi connectivity index (χ3v) is 5.48. The van der Waals surface area contributed by atoms with Gasteiger partial charge in [0, 0.05) is 6.26 Å². The van der Waals surface area contributed by atoms with E-state index >= 15 is 0 Å². The topological polar surface area (TPSA) is 90.1 Å². The third kappa shape index (κ3) is 3.40. The van der Waals surface area contributed by atoms with Crippen molar-refractivity contribution in [2.24, 2.45) is 5.73 Å². The third-order valence-electron chi connectivity index (χ3n) is 3.35. The molecule has 2 N–H and O–H groups in total. The first-order valence-corrected chi connectivity index (χ1v) is 9.52. The van der Waals surface area contributed by atoms with Crippen LogP contribution in [0.2, 0.25) is 0 Å². The van der Waals surface area contributed by atoms with Gasteiger partial charge in [0.25, 0.3) is 0 Å². The van der Waals surface area contributed by atoms with Gasteiger partial charge < -0.3 is 5.73 Å². The maximum Gasteiger partial charge on any atom is 0.224 e. The zero-order chi connectivity index (χ0) is 16.6. The van der Waals surface area contributed by atoms with Gasteiger partial charge in [0.15, 0.2) is 9.84 Å². The summed E-state index contributed by atoms with van der Waals surface area (Å²) in [5, 5.41) is 0.675. The zero-order valence-electron chi connectivity index (χ0n) is 12.3. The maximum atomic E-state index is 11.7. The van der Waals surface area contributed by atoms with Crippen LogP contribution < -0.4 is 5.73 Å². The summed E-state index contributed by atoms with van der Waals surface area (Å²) in [4.78, 5) is 15.6. The number of fused-ring (bicyclic) bond motifs is 1. The fourth-order valence-electron chi connectivity index (χ4n) is 2.28. The fraction of sp³-hybridized carbons (Fsp3) is 0.125. The molecule has 118 valence electrons. The average Bonchev–Trinajstić information content (AvgIpc) is 2.86. The molecule has 23 heavy (non-hydrogen) atoms. The smallest absolute Gasteiger partial charge is 0.224 e. The Morgan fingerprint density at radius 1 is 1.17 bits per heavy atom. The number of hydrogen-bond donors (Lipinski definition) is 1. The summed E-state index contributed by atoms with van der Waals surface area (Å²) in [6, 6.07) is 12.5. The van der Waals surface area contributed by atoms with Crippen LogP contribution in [-0.4, -0.2) is 25.6 Å². The number of thiazole rings is 1. The van der Waals surface area contributed by atoms with Crippen molar-refractivity contribution in [2.75, 3.05) is 6.26 Å². The average molecular weight is 346 g/mol. The lowest BCUT2D eigenvalue weighted by Crippen LogP contribution is -2.13. The quantitative estimate of drug-likeness (QED) is 0.785. The fourth-order valence-corrected chi connectivity index (χ4v) is 3.97. The first-order valence-electron chi connectivity index (χ1n) is 6.81. The second-order valence-corrected chi connectivity index (χ2v) is 8.36. The molecule has 0 aliphatic heterocycles. The van der Waals surface area contributed by atoms with Gasteiger partial charge in [-0.3, -0.25) is 4.79 Å². The Labute approximate surface area is 137 Å². The number of nitrogens with zero attached hydrogens (tertiary/aromatic N) is 1. The highest BCUT2D eigenvalue weighted by Gasteiger charge is 2.10. The van der Waals surface area contributed by atoms with E-state index in [0.29, 0.717) is 5.01 Å². The highest BCUT2D eigenvalue weighted by molar-refractivity contribution is 7.90. The van der Waals surface area contributed by atoms with Gasteiger partial charge in [-0.2, -0.15) is 0 Å². The van der Waals surface area contributed by atoms with Crippen LogP contribution in [0, 0.1) is 0 Å². The van der Waals surface area contributed by atoms with Gasteiger partial charge in [0.05, 0.1) is 21.5 Å². The minimum Gasteiger partial charge on any atom is -0.369 e. The number of sulfone groups is 1. The van der Waals surface area contributed by atoms with E-state index in [9.17, 15) is 13.2 Å². The lowest BCUT2D eigenvalue weighted by atomic mass is 10.1. The molecule has 0 radical (unpaired) electrons. The Balaban J connectivity index is 2.05. The highest BCUT2D eigenvalue weighted by Crippen LogP contribution is 2.29. The summed E-state index contributed by atoms with van der Waals surface area (Å²) >= 11 is 1.41. The van der Waals surface area contributed by atoms with Crippen LogP contribution in [0.1, 0.15) is 5.01 Å². The van der Waals surface area contributed by atoms with E-state index < -0.39 is 15.7 Å². The molecule has 2 aromatic carbocycles. The van der Waals surface area contributed by atoms with Gasteiger partial charge in [-0.15, -0.1) is 11.3 Å². The minimum atomic E-state index is -3.25. The SMILES string of the molecule is CS(=O)(=O)c1cccc(-c2ccc3nc(CC(N)=O)sc3c2)c1. The molecular formula is C16H14N2O3S2. The van der Waals surface area contributed by atoms with Crippen molar-refractivity contribution in [1.82, 2.24) is 4.98 Å². The van der Waals surface area contributed by atoms with Crippen molar-refractivity contribution in [2.45, 2.75) is 11.3 Å². The lowest BCUT2D eigenvalue weighted by molar-refractivity contribution is -0.117. The number of hydrogen-bond acceptors (Lipinski definition) is 5. The molecule has 1 amide bonds. The number of aromatic nitrogens is 1. The molecule has 7 heteroatoms. The molecule has 3 rings (SSSR count). The summed E-state index contributed by atoms with van der Waals surface area (Å²) in [6.07, 6.45) is 1.31. The normalized spacial score (nSPS) is 11.7. The molecule has 1 heterocycles. The molecule has 0 atom stereocenters. The van der Waals surface area contributed by atoms with Crippen molar-refractivity contribution in [3.8, 4) is 11.1 Å². The van der Waals surface area contributed by atoms with E-state index in [1.807, 2.05) is 24.3 Å². The molecular weight excluding hydrogens is 332 g/mol. The van der Waals surface area contributed by atoms with E-state index in [1.165, 1.54) is 17.6 Å². The minimum absolute atomic E-state index is 0.123. The molecule has 0 bridgehead atoms. The number of primary amides is 1. The van der Waals surface area contributed by atoms with Crippen LogP contribution in [0.15, 0.2) is 47.4 Å². The van der Waals surface area contributed by atoms with Crippen molar-refractivity contribution in [3.63, 3.8) is 0 Å². The molecule has 0 spiro atoms. The Bertz CT molecular complexity index is 1010. The number of amides is 1. The molecule has 3 aromatic rings. The van der Waals surface area contributed by atoms with Crippen molar-refractivity contribution in [3.05, 3.63) is 47.5 Å². The van der Waals surface area contributed by atoms with Gasteiger partial charge >= 0.3 is 0 Å². The molecule has 0 aliphatic carbocycles. The van der Waals surface area contributed by atoms with Crippen LogP contribution in [0.4, 0.5) is 0 Å². The van der Waals surface area contributed by atoms with E-state index in [4.69, 9.17) is 5.73 Å². The predicted octanol–water partition coefficient (Wildman–Crippen LogP) is 2.39. The zero-order valence-corrected chi connectivity index (χ0v) is 13.9. The summed E-state index contributed by atoms with van der Waals surface area (Å²) in [5.41, 5.74) is 7.72. The highest BCUT2D eigenvalue weighted by atomic mass is 32.2. The second kappa shape index (κ2) is 5.75. The van der Waals surface area contributed by atoms with Crippen molar-refractivity contribution in [1.29, 1.82) is 0 Å². The Morgan fingerprint density at radius 3 is 2.61 bits per heavy atom. The number of nitrogens with two attached hydrogens (primary N) is 1. The number of rotatable bonds is 4. The molecule has 0 aliphatic rings. The van der Waals surface area contributed by atoms with E-state index in [2.05, 4.69) is 4.98 Å². The van der Waals surface area contributed by atoms with Crippen LogP contribution in [0.5, 0.6) is 0 Å². The molecule has 0 unspecified atom stereocenters. The van der Waals surface area contributed by atoms with Crippen LogP contribution in [0.3, 0.4) is 0 Å². The van der Waals surface area contributed by atoms with Gasteiger partial charge in [-0.1, -0.05) is 18.2 Å². The van der Waals surface area contributed by atoms with E-state index in [0.717, 1.165) is 21.3 Å². The van der Waals surface area contributed by atoms with Crippen LogP contribution >= 0.6 is 11.3 Å². The predicted molar refractivity (Wildman–Crippen MR) is 91.1 cm³/mol. The molecule has 1 aromatic heterocycles. The standard InChI is InChI=1S/C16H14N2O3S2/c1-23(20,21)12-4-2-3-10(7-12)11-5-6-13-14(8-11)22-16(18-13)9-15(17)19/h2-8H,9H2,1H3,(H2,17,19). The molecule has 0 fully saturated rings. The first kappa shape index (κ1) is 15.6. The van der Waals surface area contributed by atoms with E-state index in [-0.39, 0.29) is 11.3 Å².